The molecular weight excluding hydrogens is 230 g/mol. The number of nitrogens with two attached hydrogens (primary N) is 1. The van der Waals surface area contributed by atoms with Crippen LogP contribution in [0.1, 0.15) is 29.8 Å². The summed E-state index contributed by atoms with van der Waals surface area (Å²) in [5.74, 6) is 0.830. The zero-order valence-electron chi connectivity index (χ0n) is 10.7. The van der Waals surface area contributed by atoms with Crippen LogP contribution in [0.2, 0.25) is 0 Å². The summed E-state index contributed by atoms with van der Waals surface area (Å²) in [6, 6.07) is 0. The fourth-order valence-corrected chi connectivity index (χ4v) is 3.42. The lowest BCUT2D eigenvalue weighted by Gasteiger charge is -2.32. The molecule has 1 aromatic heterocycles. The van der Waals surface area contributed by atoms with Gasteiger partial charge in [-0.3, -0.25) is 0 Å². The summed E-state index contributed by atoms with van der Waals surface area (Å²) in [7, 11) is 0. The first kappa shape index (κ1) is 13.0. The van der Waals surface area contributed by atoms with Crippen LogP contribution in [-0.4, -0.2) is 36.1 Å². The molecule has 1 saturated heterocycles. The number of hydrogen-bond acceptors (Lipinski definition) is 4. The molecule has 0 aliphatic carbocycles. The van der Waals surface area contributed by atoms with E-state index in [1.165, 1.54) is 49.5 Å². The van der Waals surface area contributed by atoms with E-state index in [2.05, 4.69) is 16.8 Å². The summed E-state index contributed by atoms with van der Waals surface area (Å²) in [5.41, 5.74) is 8.82. The molecule has 2 heterocycles. The van der Waals surface area contributed by atoms with Gasteiger partial charge < -0.3 is 10.6 Å². The van der Waals surface area contributed by atoms with Crippen molar-refractivity contribution in [2.75, 3.05) is 26.2 Å². The molecule has 1 aliphatic rings. The summed E-state index contributed by atoms with van der Waals surface area (Å²) >= 11 is 1.79. The van der Waals surface area contributed by atoms with Gasteiger partial charge in [-0.05, 0) is 51.6 Å². The van der Waals surface area contributed by atoms with Crippen LogP contribution in [0.5, 0.6) is 0 Å². The second kappa shape index (κ2) is 6.47. The lowest BCUT2D eigenvalue weighted by molar-refractivity contribution is 0.172. The van der Waals surface area contributed by atoms with E-state index < -0.39 is 0 Å². The highest BCUT2D eigenvalue weighted by atomic mass is 32.1. The Kier molecular flexibility index (Phi) is 4.95. The fourth-order valence-electron chi connectivity index (χ4n) is 2.65. The first-order valence-corrected chi connectivity index (χ1v) is 7.49. The van der Waals surface area contributed by atoms with E-state index in [-0.39, 0.29) is 0 Å². The minimum atomic E-state index is 0.830. The van der Waals surface area contributed by atoms with Crippen LogP contribution in [0.3, 0.4) is 0 Å². The predicted molar refractivity (Wildman–Crippen MR) is 73.4 cm³/mol. The normalized spacial score (nSPS) is 21.9. The second-order valence-corrected chi connectivity index (χ2v) is 5.94. The number of piperidine rings is 1. The Hall–Kier alpha value is -0.450. The van der Waals surface area contributed by atoms with E-state index in [0.717, 1.165) is 18.9 Å². The van der Waals surface area contributed by atoms with Crippen molar-refractivity contribution < 1.29 is 0 Å². The van der Waals surface area contributed by atoms with Gasteiger partial charge >= 0.3 is 0 Å². The lowest BCUT2D eigenvalue weighted by Crippen LogP contribution is -2.37. The molecule has 0 bridgehead atoms. The molecule has 1 aromatic rings. The molecule has 2 N–H and O–H groups in total. The highest BCUT2D eigenvalue weighted by molar-refractivity contribution is 7.09. The number of likely N-dealkylation sites (tertiary alicyclic amines) is 1. The third-order valence-corrected chi connectivity index (χ3v) is 4.67. The van der Waals surface area contributed by atoms with Crippen LogP contribution in [0.15, 0.2) is 5.51 Å². The lowest BCUT2D eigenvalue weighted by atomic mass is 9.95. The van der Waals surface area contributed by atoms with Gasteiger partial charge in [-0.1, -0.05) is 0 Å². The van der Waals surface area contributed by atoms with Crippen LogP contribution >= 0.6 is 11.3 Å². The zero-order chi connectivity index (χ0) is 12.1. The SMILES string of the molecule is Cc1ncsc1CCN1CCCC(CCN)C1. The first-order valence-electron chi connectivity index (χ1n) is 6.61. The average Bonchev–Trinajstić information content (AvgIpc) is 2.73. The molecule has 0 radical (unpaired) electrons. The van der Waals surface area contributed by atoms with E-state index >= 15 is 0 Å². The van der Waals surface area contributed by atoms with Crippen LogP contribution in [-0.2, 0) is 6.42 Å². The molecule has 0 saturated carbocycles. The first-order chi connectivity index (χ1) is 8.29. The number of nitrogens with zero attached hydrogens (tertiary/aromatic N) is 2. The minimum Gasteiger partial charge on any atom is -0.330 e. The Morgan fingerprint density at radius 1 is 1.59 bits per heavy atom. The number of rotatable bonds is 5. The summed E-state index contributed by atoms with van der Waals surface area (Å²) < 4.78 is 0. The van der Waals surface area contributed by atoms with Crippen LogP contribution in [0, 0.1) is 12.8 Å². The average molecular weight is 253 g/mol. The Morgan fingerprint density at radius 3 is 3.18 bits per heavy atom. The number of thiazole rings is 1. The van der Waals surface area contributed by atoms with Gasteiger partial charge in [-0.25, -0.2) is 4.98 Å². The van der Waals surface area contributed by atoms with Crippen molar-refractivity contribution in [1.82, 2.24) is 9.88 Å². The molecule has 3 nitrogen and oxygen atoms in total. The molecule has 2 rings (SSSR count). The van der Waals surface area contributed by atoms with E-state index in [4.69, 9.17) is 5.73 Å². The van der Waals surface area contributed by atoms with Crippen LogP contribution < -0.4 is 5.73 Å². The molecule has 0 spiro atoms. The van der Waals surface area contributed by atoms with Crippen molar-refractivity contribution in [3.63, 3.8) is 0 Å². The highest BCUT2D eigenvalue weighted by Crippen LogP contribution is 2.20. The maximum atomic E-state index is 5.65. The van der Waals surface area contributed by atoms with Crippen molar-refractivity contribution in [2.45, 2.75) is 32.6 Å². The van der Waals surface area contributed by atoms with Crippen molar-refractivity contribution in [1.29, 1.82) is 0 Å². The molecule has 1 unspecified atom stereocenters. The summed E-state index contributed by atoms with van der Waals surface area (Å²) in [4.78, 5) is 8.36. The Morgan fingerprint density at radius 2 is 2.47 bits per heavy atom. The van der Waals surface area contributed by atoms with Gasteiger partial charge in [0.2, 0.25) is 0 Å². The Bertz CT molecular complexity index is 335. The van der Waals surface area contributed by atoms with E-state index in [1.807, 2.05) is 5.51 Å². The summed E-state index contributed by atoms with van der Waals surface area (Å²) in [6.07, 6.45) is 5.06. The monoisotopic (exact) mass is 253 g/mol. The predicted octanol–water partition coefficient (Wildman–Crippen LogP) is 2.05. The van der Waals surface area contributed by atoms with Gasteiger partial charge in [-0.2, -0.15) is 0 Å². The van der Waals surface area contributed by atoms with Gasteiger partial charge in [0.1, 0.15) is 0 Å². The minimum absolute atomic E-state index is 0.830. The number of aryl methyl sites for hydroxylation is 1. The van der Waals surface area contributed by atoms with Gasteiger partial charge in [0.25, 0.3) is 0 Å². The number of hydrogen-bond donors (Lipinski definition) is 1. The van der Waals surface area contributed by atoms with Gasteiger partial charge in [-0.15, -0.1) is 11.3 Å². The fraction of sp³-hybridized carbons (Fsp3) is 0.769. The summed E-state index contributed by atoms with van der Waals surface area (Å²) in [5, 5.41) is 0. The summed E-state index contributed by atoms with van der Waals surface area (Å²) in [6.45, 7) is 6.64. The van der Waals surface area contributed by atoms with Crippen molar-refractivity contribution in [3.8, 4) is 0 Å². The molecule has 1 fully saturated rings. The third-order valence-electron chi connectivity index (χ3n) is 3.68. The smallest absolute Gasteiger partial charge is 0.0797 e. The Balaban J connectivity index is 1.77. The molecular formula is C13H23N3S. The van der Waals surface area contributed by atoms with Crippen LogP contribution in [0.4, 0.5) is 0 Å². The highest BCUT2D eigenvalue weighted by Gasteiger charge is 2.19. The van der Waals surface area contributed by atoms with Gasteiger partial charge in [0.05, 0.1) is 11.2 Å². The maximum absolute atomic E-state index is 5.65. The molecule has 1 aliphatic heterocycles. The van der Waals surface area contributed by atoms with Crippen molar-refractivity contribution >= 4 is 11.3 Å². The van der Waals surface area contributed by atoms with Crippen molar-refractivity contribution in [3.05, 3.63) is 16.1 Å². The molecule has 0 amide bonds. The molecule has 4 heteroatoms. The second-order valence-electron chi connectivity index (χ2n) is 5.00. The molecule has 17 heavy (non-hydrogen) atoms. The molecule has 96 valence electrons. The van der Waals surface area contributed by atoms with E-state index in [9.17, 15) is 0 Å². The standard InChI is InChI=1S/C13H23N3S/c1-11-13(17-10-15-11)5-8-16-7-2-3-12(9-16)4-6-14/h10,12H,2-9,14H2,1H3. The number of aromatic nitrogens is 1. The Labute approximate surface area is 108 Å². The quantitative estimate of drug-likeness (QED) is 0.873. The largest absolute Gasteiger partial charge is 0.330 e. The van der Waals surface area contributed by atoms with E-state index in [1.54, 1.807) is 11.3 Å². The molecule has 0 aromatic carbocycles. The van der Waals surface area contributed by atoms with Gasteiger partial charge in [0, 0.05) is 18.0 Å². The maximum Gasteiger partial charge on any atom is 0.0797 e. The zero-order valence-corrected chi connectivity index (χ0v) is 11.5. The topological polar surface area (TPSA) is 42.2 Å². The van der Waals surface area contributed by atoms with Gasteiger partial charge in [0.15, 0.2) is 0 Å². The van der Waals surface area contributed by atoms with Crippen LogP contribution in [0.25, 0.3) is 0 Å². The third kappa shape index (κ3) is 3.76. The molecule has 1 atom stereocenters. The van der Waals surface area contributed by atoms with E-state index in [0.29, 0.717) is 0 Å². The van der Waals surface area contributed by atoms with Crippen molar-refractivity contribution in [2.24, 2.45) is 11.7 Å².